The van der Waals surface area contributed by atoms with E-state index in [1.807, 2.05) is 0 Å². The summed E-state index contributed by atoms with van der Waals surface area (Å²) in [5.41, 5.74) is 8.70. The predicted octanol–water partition coefficient (Wildman–Crippen LogP) is 1.63. The van der Waals surface area contributed by atoms with E-state index in [9.17, 15) is 22.4 Å². The molecule has 1 atom stereocenters. The van der Waals surface area contributed by atoms with Crippen LogP contribution >= 0.6 is 0 Å². The molecule has 0 saturated heterocycles. The van der Waals surface area contributed by atoms with Crippen LogP contribution in [0.3, 0.4) is 0 Å². The van der Waals surface area contributed by atoms with E-state index >= 15 is 0 Å². The zero-order valence-corrected chi connectivity index (χ0v) is 9.99. The maximum atomic E-state index is 13.4. The number of nitrogens with zero attached hydrogens (tertiary/aromatic N) is 1. The van der Waals surface area contributed by atoms with Gasteiger partial charge in [-0.3, -0.25) is 4.79 Å². The third-order valence-electron chi connectivity index (χ3n) is 2.36. The number of carboxylic acids is 1. The lowest BCUT2D eigenvalue weighted by molar-refractivity contribution is -0.140. The number of alkyl halides is 3. The van der Waals surface area contributed by atoms with Gasteiger partial charge in [0.1, 0.15) is 5.82 Å². The van der Waals surface area contributed by atoms with Crippen molar-refractivity contribution >= 4 is 11.9 Å². The van der Waals surface area contributed by atoms with Crippen LogP contribution < -0.4 is 11.5 Å². The Hall–Kier alpha value is -2.32. The summed E-state index contributed by atoms with van der Waals surface area (Å²) in [6.07, 6.45) is -5.41. The number of halogens is 4. The van der Waals surface area contributed by atoms with E-state index < -0.39 is 41.9 Å². The van der Waals surface area contributed by atoms with Crippen molar-refractivity contribution in [3.63, 3.8) is 0 Å². The molecule has 0 aliphatic heterocycles. The molecule has 0 aliphatic rings. The highest BCUT2D eigenvalue weighted by Gasteiger charge is 2.34. The first-order valence-corrected chi connectivity index (χ1v) is 5.28. The van der Waals surface area contributed by atoms with Gasteiger partial charge in [-0.1, -0.05) is 6.07 Å². The van der Waals surface area contributed by atoms with Crippen LogP contribution in [0.4, 0.5) is 17.6 Å². The summed E-state index contributed by atoms with van der Waals surface area (Å²) in [7, 11) is 0. The maximum Gasteiger partial charge on any atom is 0.419 e. The Morgan fingerprint density at radius 1 is 1.35 bits per heavy atom. The van der Waals surface area contributed by atoms with Gasteiger partial charge in [-0.25, -0.2) is 9.38 Å². The minimum Gasteiger partial charge on any atom is -0.481 e. The van der Waals surface area contributed by atoms with Crippen LogP contribution in [0.5, 0.6) is 0 Å². The summed E-state index contributed by atoms with van der Waals surface area (Å²) in [4.78, 5) is 14.2. The van der Waals surface area contributed by atoms with Crippen LogP contribution in [0.2, 0.25) is 0 Å². The van der Waals surface area contributed by atoms with Crippen LogP contribution in [0.1, 0.15) is 23.6 Å². The normalized spacial score (nSPS) is 12.8. The Labute approximate surface area is 110 Å². The molecule has 0 fully saturated rings. The molecule has 0 amide bonds. The Balaban J connectivity index is 3.19. The first-order valence-electron chi connectivity index (χ1n) is 5.28. The number of hydrogen-bond donors (Lipinski definition) is 3. The molecule has 1 aromatic carbocycles. The van der Waals surface area contributed by atoms with Crippen LogP contribution in [-0.4, -0.2) is 17.0 Å². The van der Waals surface area contributed by atoms with E-state index in [1.54, 1.807) is 0 Å². The van der Waals surface area contributed by atoms with Gasteiger partial charge < -0.3 is 16.6 Å². The van der Waals surface area contributed by atoms with Crippen LogP contribution in [0, 0.1) is 5.82 Å². The van der Waals surface area contributed by atoms with E-state index in [0.717, 1.165) is 6.07 Å². The molecule has 1 aromatic rings. The molecule has 9 heteroatoms. The number of aliphatic carboxylic acids is 1. The maximum absolute atomic E-state index is 13.4. The first-order chi connectivity index (χ1) is 9.11. The molecule has 0 aromatic heterocycles. The standard InChI is InChI=1S/C11H11F4N3O2/c12-7-3-5(1-2-6(7)11(13,14)15)8(4-9(19)20)18-10(16)17/h1-3,8H,4H2,(H,19,20)(H4,16,17,18). The first kappa shape index (κ1) is 15.7. The van der Waals surface area contributed by atoms with Gasteiger partial charge in [0.25, 0.3) is 0 Å². The van der Waals surface area contributed by atoms with Gasteiger partial charge in [-0.15, -0.1) is 0 Å². The molecule has 0 bridgehead atoms. The van der Waals surface area contributed by atoms with Gasteiger partial charge in [0.2, 0.25) is 0 Å². The quantitative estimate of drug-likeness (QED) is 0.446. The molecule has 20 heavy (non-hydrogen) atoms. The van der Waals surface area contributed by atoms with Gasteiger partial charge in [-0.05, 0) is 17.7 Å². The molecular weight excluding hydrogens is 282 g/mol. The average molecular weight is 293 g/mol. The zero-order valence-electron chi connectivity index (χ0n) is 9.99. The molecule has 1 unspecified atom stereocenters. The topological polar surface area (TPSA) is 102 Å². The summed E-state index contributed by atoms with van der Waals surface area (Å²) in [6.45, 7) is 0. The Kier molecular flexibility index (Phi) is 4.53. The molecule has 0 heterocycles. The summed E-state index contributed by atoms with van der Waals surface area (Å²) in [6, 6.07) is 0.866. The second-order valence-corrected chi connectivity index (χ2v) is 3.90. The molecule has 1 rings (SSSR count). The number of carboxylic acid groups (broad SMARTS) is 1. The predicted molar refractivity (Wildman–Crippen MR) is 62.2 cm³/mol. The summed E-state index contributed by atoms with van der Waals surface area (Å²) in [5, 5.41) is 8.69. The third kappa shape index (κ3) is 4.11. The monoisotopic (exact) mass is 293 g/mol. The highest BCUT2D eigenvalue weighted by molar-refractivity contribution is 5.77. The molecule has 0 spiro atoms. The molecule has 0 radical (unpaired) electrons. The Morgan fingerprint density at radius 3 is 2.35 bits per heavy atom. The number of nitrogens with two attached hydrogens (primary N) is 2. The lowest BCUT2D eigenvalue weighted by Crippen LogP contribution is -2.24. The summed E-state index contributed by atoms with van der Waals surface area (Å²) in [5.74, 6) is -3.24. The van der Waals surface area contributed by atoms with E-state index in [4.69, 9.17) is 16.6 Å². The summed E-state index contributed by atoms with van der Waals surface area (Å²) >= 11 is 0. The second-order valence-electron chi connectivity index (χ2n) is 3.90. The van der Waals surface area contributed by atoms with Crippen molar-refractivity contribution in [3.05, 3.63) is 35.1 Å². The SMILES string of the molecule is NC(N)=NC(CC(=O)O)c1ccc(C(F)(F)F)c(F)c1. The summed E-state index contributed by atoms with van der Waals surface area (Å²) < 4.78 is 50.6. The number of guanidine groups is 1. The lowest BCUT2D eigenvalue weighted by atomic mass is 10.0. The molecule has 0 saturated carbocycles. The third-order valence-corrected chi connectivity index (χ3v) is 2.36. The molecule has 0 aliphatic carbocycles. The molecular formula is C11H11F4N3O2. The Bertz CT molecular complexity index is 539. The van der Waals surface area contributed by atoms with Crippen molar-refractivity contribution in [3.8, 4) is 0 Å². The van der Waals surface area contributed by atoms with Gasteiger partial charge >= 0.3 is 12.1 Å². The molecule has 110 valence electrons. The lowest BCUT2D eigenvalue weighted by Gasteiger charge is -2.13. The van der Waals surface area contributed by atoms with Crippen LogP contribution in [0.15, 0.2) is 23.2 Å². The number of aliphatic imine (C=N–C) groups is 1. The van der Waals surface area contributed by atoms with E-state index in [0.29, 0.717) is 12.1 Å². The van der Waals surface area contributed by atoms with Crippen LogP contribution in [-0.2, 0) is 11.0 Å². The van der Waals surface area contributed by atoms with Gasteiger partial charge in [-0.2, -0.15) is 13.2 Å². The van der Waals surface area contributed by atoms with Crippen molar-refractivity contribution in [1.29, 1.82) is 0 Å². The number of carbonyl (C=O) groups is 1. The Morgan fingerprint density at radius 2 is 1.95 bits per heavy atom. The van der Waals surface area contributed by atoms with Crippen molar-refractivity contribution in [2.45, 2.75) is 18.6 Å². The van der Waals surface area contributed by atoms with Crippen molar-refractivity contribution in [1.82, 2.24) is 0 Å². The smallest absolute Gasteiger partial charge is 0.419 e. The highest BCUT2D eigenvalue weighted by Crippen LogP contribution is 2.33. The minimum atomic E-state index is -4.83. The molecule has 5 nitrogen and oxygen atoms in total. The van der Waals surface area contributed by atoms with Crippen molar-refractivity contribution in [2.24, 2.45) is 16.5 Å². The van der Waals surface area contributed by atoms with Gasteiger partial charge in [0.15, 0.2) is 5.96 Å². The zero-order chi connectivity index (χ0) is 15.5. The average Bonchev–Trinajstić information content (AvgIpc) is 2.24. The molecule has 5 N–H and O–H groups in total. The fraction of sp³-hybridized carbons (Fsp3) is 0.273. The number of hydrogen-bond acceptors (Lipinski definition) is 2. The van der Waals surface area contributed by atoms with Gasteiger partial charge in [0, 0.05) is 0 Å². The fourth-order valence-electron chi connectivity index (χ4n) is 1.55. The van der Waals surface area contributed by atoms with Crippen molar-refractivity contribution in [2.75, 3.05) is 0 Å². The van der Waals surface area contributed by atoms with Crippen molar-refractivity contribution < 1.29 is 27.5 Å². The van der Waals surface area contributed by atoms with Gasteiger partial charge in [0.05, 0.1) is 18.0 Å². The second kappa shape index (κ2) is 5.76. The highest BCUT2D eigenvalue weighted by atomic mass is 19.4. The largest absolute Gasteiger partial charge is 0.481 e. The number of benzene rings is 1. The fourth-order valence-corrected chi connectivity index (χ4v) is 1.55. The van der Waals surface area contributed by atoms with E-state index in [1.165, 1.54) is 0 Å². The van der Waals surface area contributed by atoms with E-state index in [-0.39, 0.29) is 5.56 Å². The minimum absolute atomic E-state index is 0.0636. The van der Waals surface area contributed by atoms with E-state index in [2.05, 4.69) is 4.99 Å². The number of rotatable bonds is 4. The van der Waals surface area contributed by atoms with Crippen LogP contribution in [0.25, 0.3) is 0 Å².